The molecule has 0 aliphatic carbocycles. The average Bonchev–Trinajstić information content (AvgIpc) is 2.12. The third kappa shape index (κ3) is 6.70. The Balaban J connectivity index is 3.47. The normalized spacial score (nSPS) is 9.71. The number of hydrogen-bond donors (Lipinski definition) is 0. The fourth-order valence-electron chi connectivity index (χ4n) is 1.14. The Labute approximate surface area is 87.3 Å². The highest BCUT2D eigenvalue weighted by Gasteiger charge is 2.01. The first-order valence-electron chi connectivity index (χ1n) is 5.36. The van der Waals surface area contributed by atoms with Gasteiger partial charge in [0.2, 0.25) is 0 Å². The molecule has 0 radical (unpaired) electrons. The summed E-state index contributed by atoms with van der Waals surface area (Å²) in [7, 11) is 0. The Kier molecular flexibility index (Phi) is 7.17. The first kappa shape index (κ1) is 13.2. The monoisotopic (exact) mass is 198 g/mol. The minimum Gasteiger partial charge on any atom is -0.466 e. The summed E-state index contributed by atoms with van der Waals surface area (Å²) in [6, 6.07) is 0. The third-order valence-corrected chi connectivity index (χ3v) is 2.34. The van der Waals surface area contributed by atoms with Gasteiger partial charge in [-0.1, -0.05) is 11.1 Å². The van der Waals surface area contributed by atoms with Gasteiger partial charge in [-0.15, -0.1) is 0 Å². The first-order chi connectivity index (χ1) is 6.57. The van der Waals surface area contributed by atoms with Crippen molar-refractivity contribution in [2.75, 3.05) is 6.61 Å². The van der Waals surface area contributed by atoms with Crippen molar-refractivity contribution in [1.29, 1.82) is 0 Å². The summed E-state index contributed by atoms with van der Waals surface area (Å²) in [5, 5.41) is 0. The van der Waals surface area contributed by atoms with Crippen molar-refractivity contribution in [3.8, 4) is 0 Å². The van der Waals surface area contributed by atoms with E-state index < -0.39 is 0 Å². The maximum absolute atomic E-state index is 11.0. The van der Waals surface area contributed by atoms with Gasteiger partial charge in [0.25, 0.3) is 0 Å². The second kappa shape index (κ2) is 7.60. The van der Waals surface area contributed by atoms with E-state index in [0.717, 1.165) is 19.3 Å². The summed E-state index contributed by atoms with van der Waals surface area (Å²) in [6.45, 7) is 8.73. The van der Waals surface area contributed by atoms with Gasteiger partial charge in [-0.2, -0.15) is 0 Å². The van der Waals surface area contributed by atoms with E-state index in [-0.39, 0.29) is 5.97 Å². The van der Waals surface area contributed by atoms with E-state index in [2.05, 4.69) is 20.8 Å². The van der Waals surface area contributed by atoms with E-state index in [0.29, 0.717) is 13.0 Å². The number of allylic oxidation sites excluding steroid dienone is 2. The van der Waals surface area contributed by atoms with Crippen LogP contribution in [-0.4, -0.2) is 12.6 Å². The Bertz CT molecular complexity index is 200. The first-order valence-corrected chi connectivity index (χ1v) is 5.36. The van der Waals surface area contributed by atoms with Gasteiger partial charge >= 0.3 is 5.97 Å². The Hall–Kier alpha value is -0.790. The van der Waals surface area contributed by atoms with E-state index in [1.807, 2.05) is 6.92 Å². The van der Waals surface area contributed by atoms with E-state index >= 15 is 0 Å². The van der Waals surface area contributed by atoms with Gasteiger partial charge in [-0.05, 0) is 47.0 Å². The van der Waals surface area contributed by atoms with Crippen LogP contribution >= 0.6 is 0 Å². The van der Waals surface area contributed by atoms with Crippen LogP contribution in [0, 0.1) is 0 Å². The summed E-state index contributed by atoms with van der Waals surface area (Å²) >= 11 is 0. The van der Waals surface area contributed by atoms with Crippen LogP contribution in [-0.2, 0) is 9.53 Å². The highest BCUT2D eigenvalue weighted by molar-refractivity contribution is 5.69. The molecule has 0 fully saturated rings. The molecule has 82 valence electrons. The molecule has 0 saturated carbocycles. The van der Waals surface area contributed by atoms with Crippen molar-refractivity contribution in [1.82, 2.24) is 0 Å². The molecular formula is C12H22O2. The molecular weight excluding hydrogens is 176 g/mol. The molecule has 0 spiro atoms. The third-order valence-electron chi connectivity index (χ3n) is 2.34. The molecule has 0 unspecified atom stereocenters. The van der Waals surface area contributed by atoms with Crippen molar-refractivity contribution >= 4 is 5.97 Å². The predicted molar refractivity (Wildman–Crippen MR) is 59.1 cm³/mol. The smallest absolute Gasteiger partial charge is 0.305 e. The standard InChI is InChI=1S/C12H22O2/c1-5-14-12(13)9-7-6-8-11(4)10(2)3/h5-9H2,1-4H3. The molecule has 2 heteroatoms. The van der Waals surface area contributed by atoms with Gasteiger partial charge in [-0.25, -0.2) is 0 Å². The maximum atomic E-state index is 11.0. The molecule has 0 saturated heterocycles. The molecule has 14 heavy (non-hydrogen) atoms. The summed E-state index contributed by atoms with van der Waals surface area (Å²) in [5.74, 6) is -0.0673. The lowest BCUT2D eigenvalue weighted by Gasteiger charge is -2.04. The number of esters is 1. The predicted octanol–water partition coefficient (Wildman–Crippen LogP) is 3.47. The fourth-order valence-corrected chi connectivity index (χ4v) is 1.14. The molecule has 0 aliphatic rings. The van der Waals surface area contributed by atoms with Gasteiger partial charge in [0.15, 0.2) is 0 Å². The number of carbonyl (C=O) groups is 1. The summed E-state index contributed by atoms with van der Waals surface area (Å²) < 4.78 is 4.85. The Morgan fingerprint density at radius 2 is 1.64 bits per heavy atom. The van der Waals surface area contributed by atoms with Crippen molar-refractivity contribution < 1.29 is 9.53 Å². The molecule has 0 aromatic carbocycles. The fraction of sp³-hybridized carbons (Fsp3) is 0.750. The van der Waals surface area contributed by atoms with Crippen molar-refractivity contribution in [2.24, 2.45) is 0 Å². The summed E-state index contributed by atoms with van der Waals surface area (Å²) in [5.41, 5.74) is 2.83. The molecule has 0 bridgehead atoms. The molecule has 0 aliphatic heterocycles. The van der Waals surface area contributed by atoms with Gasteiger partial charge in [0.1, 0.15) is 0 Å². The topological polar surface area (TPSA) is 26.3 Å². The lowest BCUT2D eigenvalue weighted by Crippen LogP contribution is -2.03. The summed E-state index contributed by atoms with van der Waals surface area (Å²) in [4.78, 5) is 11.0. The lowest BCUT2D eigenvalue weighted by molar-refractivity contribution is -0.143. The maximum Gasteiger partial charge on any atom is 0.305 e. The van der Waals surface area contributed by atoms with Crippen LogP contribution in [0.25, 0.3) is 0 Å². The number of rotatable bonds is 6. The second-order valence-corrected chi connectivity index (χ2v) is 3.79. The lowest BCUT2D eigenvalue weighted by atomic mass is 10.1. The molecule has 2 nitrogen and oxygen atoms in total. The Morgan fingerprint density at radius 3 is 2.14 bits per heavy atom. The molecule has 0 amide bonds. The number of hydrogen-bond acceptors (Lipinski definition) is 2. The van der Waals surface area contributed by atoms with Gasteiger partial charge in [0.05, 0.1) is 6.61 Å². The van der Waals surface area contributed by atoms with Crippen molar-refractivity contribution in [3.05, 3.63) is 11.1 Å². The zero-order chi connectivity index (χ0) is 11.0. The SMILES string of the molecule is CCOC(=O)CCCCC(C)=C(C)C. The van der Waals surface area contributed by atoms with E-state index in [1.54, 1.807) is 0 Å². The highest BCUT2D eigenvalue weighted by Crippen LogP contribution is 2.12. The van der Waals surface area contributed by atoms with Gasteiger partial charge < -0.3 is 4.74 Å². The number of carbonyl (C=O) groups excluding carboxylic acids is 1. The van der Waals surface area contributed by atoms with Gasteiger partial charge in [-0.3, -0.25) is 4.79 Å². The highest BCUT2D eigenvalue weighted by atomic mass is 16.5. The minimum atomic E-state index is -0.0673. The molecule has 0 aromatic heterocycles. The minimum absolute atomic E-state index is 0.0673. The van der Waals surface area contributed by atoms with Crippen LogP contribution in [0.5, 0.6) is 0 Å². The molecule has 0 N–H and O–H groups in total. The van der Waals surface area contributed by atoms with Gasteiger partial charge in [0, 0.05) is 6.42 Å². The van der Waals surface area contributed by atoms with Crippen LogP contribution in [0.1, 0.15) is 53.4 Å². The molecule has 0 heterocycles. The van der Waals surface area contributed by atoms with Crippen LogP contribution in [0.4, 0.5) is 0 Å². The van der Waals surface area contributed by atoms with Crippen molar-refractivity contribution in [3.63, 3.8) is 0 Å². The molecule has 0 atom stereocenters. The van der Waals surface area contributed by atoms with Crippen molar-refractivity contribution in [2.45, 2.75) is 53.4 Å². The zero-order valence-corrected chi connectivity index (χ0v) is 9.85. The van der Waals surface area contributed by atoms with Crippen LogP contribution in [0.15, 0.2) is 11.1 Å². The second-order valence-electron chi connectivity index (χ2n) is 3.79. The molecule has 0 aromatic rings. The largest absolute Gasteiger partial charge is 0.466 e. The van der Waals surface area contributed by atoms with Crippen LogP contribution in [0.3, 0.4) is 0 Å². The quantitative estimate of drug-likeness (QED) is 0.371. The van der Waals surface area contributed by atoms with Crippen LogP contribution in [0.2, 0.25) is 0 Å². The van der Waals surface area contributed by atoms with E-state index in [4.69, 9.17) is 4.74 Å². The summed E-state index contributed by atoms with van der Waals surface area (Å²) in [6.07, 6.45) is 3.67. The average molecular weight is 198 g/mol. The zero-order valence-electron chi connectivity index (χ0n) is 9.85. The molecule has 0 rings (SSSR count). The number of ether oxygens (including phenoxy) is 1. The number of unbranched alkanes of at least 4 members (excludes halogenated alkanes) is 1. The Morgan fingerprint density at radius 1 is 1.07 bits per heavy atom. The van der Waals surface area contributed by atoms with Crippen LogP contribution < -0.4 is 0 Å². The van der Waals surface area contributed by atoms with E-state index in [1.165, 1.54) is 11.1 Å². The van der Waals surface area contributed by atoms with E-state index in [9.17, 15) is 4.79 Å².